The van der Waals surface area contributed by atoms with Crippen molar-refractivity contribution in [2.45, 2.75) is 26.7 Å². The van der Waals surface area contributed by atoms with Gasteiger partial charge >= 0.3 is 0 Å². The second kappa shape index (κ2) is 11.6. The molecule has 5 rings (SSSR count). The lowest BCUT2D eigenvalue weighted by Crippen LogP contribution is -2.27. The van der Waals surface area contributed by atoms with Gasteiger partial charge < -0.3 is 18.9 Å². The Kier molecular flexibility index (Phi) is 7.99. The first-order valence-electron chi connectivity index (χ1n) is 13.7. The molecule has 5 heteroatoms. The first kappa shape index (κ1) is 26.9. The molecule has 0 amide bonds. The molecule has 1 heterocycles. The summed E-state index contributed by atoms with van der Waals surface area (Å²) in [5.41, 5.74) is 5.06. The highest BCUT2D eigenvalue weighted by atomic mass is 16.5. The van der Waals surface area contributed by atoms with E-state index in [1.165, 1.54) is 22.9 Å². The topological polar surface area (TPSA) is 40.2 Å². The highest BCUT2D eigenvalue weighted by Crippen LogP contribution is 2.39. The van der Waals surface area contributed by atoms with E-state index >= 15 is 0 Å². The molecule has 0 spiro atoms. The predicted octanol–water partition coefficient (Wildman–Crippen LogP) is 7.23. The van der Waals surface area contributed by atoms with Crippen LogP contribution in [0.4, 0.5) is 0 Å². The van der Waals surface area contributed by atoms with E-state index in [0.29, 0.717) is 12.0 Å². The molecule has 204 valence electrons. The van der Waals surface area contributed by atoms with Crippen molar-refractivity contribution < 1.29 is 18.9 Å². The van der Waals surface area contributed by atoms with E-state index < -0.39 is 0 Å². The Morgan fingerprint density at radius 2 is 1.44 bits per heavy atom. The fourth-order valence-corrected chi connectivity index (χ4v) is 5.58. The maximum atomic E-state index is 6.10. The highest BCUT2D eigenvalue weighted by molar-refractivity contribution is 5.94. The van der Waals surface area contributed by atoms with Crippen molar-refractivity contribution in [2.75, 3.05) is 47.6 Å². The molecule has 0 aliphatic carbocycles. The van der Waals surface area contributed by atoms with Gasteiger partial charge in [0.15, 0.2) is 0 Å². The fourth-order valence-electron chi connectivity index (χ4n) is 5.58. The summed E-state index contributed by atoms with van der Waals surface area (Å²) >= 11 is 0. The molecular weight excluding hydrogens is 486 g/mol. The van der Waals surface area contributed by atoms with E-state index in [2.05, 4.69) is 73.3 Å². The molecule has 1 fully saturated rings. The zero-order valence-electron chi connectivity index (χ0n) is 23.8. The van der Waals surface area contributed by atoms with Crippen LogP contribution in [0, 0.1) is 5.41 Å². The van der Waals surface area contributed by atoms with Gasteiger partial charge in [-0.15, -0.1) is 0 Å². The van der Waals surface area contributed by atoms with Crippen LogP contribution < -0.4 is 18.9 Å². The zero-order valence-corrected chi connectivity index (χ0v) is 23.8. The van der Waals surface area contributed by atoms with Gasteiger partial charge in [0.1, 0.15) is 29.6 Å². The van der Waals surface area contributed by atoms with Gasteiger partial charge in [0.05, 0.1) is 21.3 Å². The van der Waals surface area contributed by atoms with Crippen molar-refractivity contribution in [1.82, 2.24) is 4.90 Å². The minimum absolute atomic E-state index is 0.420. The number of ether oxygens (including phenoxy) is 4. The summed E-state index contributed by atoms with van der Waals surface area (Å²) < 4.78 is 22.8. The van der Waals surface area contributed by atoms with Crippen LogP contribution in [0.1, 0.15) is 31.4 Å². The first-order valence-corrected chi connectivity index (χ1v) is 13.7. The number of hydrogen-bond acceptors (Lipinski definition) is 5. The number of benzene rings is 4. The number of methoxy groups -OCH3 is 3. The number of hydrogen-bond donors (Lipinski definition) is 0. The molecule has 4 aromatic rings. The molecular formula is C34H39NO4. The van der Waals surface area contributed by atoms with E-state index in [-0.39, 0.29) is 0 Å². The molecule has 0 saturated carbocycles. The van der Waals surface area contributed by atoms with Gasteiger partial charge in [-0.2, -0.15) is 0 Å². The predicted molar refractivity (Wildman–Crippen MR) is 159 cm³/mol. The molecule has 0 aromatic heterocycles. The van der Waals surface area contributed by atoms with Crippen LogP contribution in [0.2, 0.25) is 0 Å². The number of likely N-dealkylation sites (tertiary alicyclic amines) is 1. The molecule has 0 N–H and O–H groups in total. The Morgan fingerprint density at radius 3 is 2.13 bits per heavy atom. The maximum absolute atomic E-state index is 6.10. The Hall–Kier alpha value is -3.70. The van der Waals surface area contributed by atoms with E-state index in [0.717, 1.165) is 65.6 Å². The summed E-state index contributed by atoms with van der Waals surface area (Å²) in [5, 5.41) is 2.34. The highest BCUT2D eigenvalue weighted by Gasteiger charge is 2.28. The van der Waals surface area contributed by atoms with Gasteiger partial charge in [0.25, 0.3) is 0 Å². The lowest BCUT2D eigenvalue weighted by atomic mass is 9.89. The smallest absolute Gasteiger partial charge is 0.130 e. The number of nitrogens with zero attached hydrogens (tertiary/aromatic N) is 1. The van der Waals surface area contributed by atoms with Crippen LogP contribution >= 0.6 is 0 Å². The van der Waals surface area contributed by atoms with Crippen LogP contribution in [-0.2, 0) is 6.42 Å². The van der Waals surface area contributed by atoms with Crippen LogP contribution in [-0.4, -0.2) is 52.5 Å². The number of rotatable bonds is 10. The third kappa shape index (κ3) is 6.15. The largest absolute Gasteiger partial charge is 0.497 e. The monoisotopic (exact) mass is 525 g/mol. The molecule has 39 heavy (non-hydrogen) atoms. The lowest BCUT2D eigenvalue weighted by molar-refractivity contribution is 0.222. The molecule has 0 radical (unpaired) electrons. The van der Waals surface area contributed by atoms with Crippen LogP contribution in [0.25, 0.3) is 21.9 Å². The second-order valence-corrected chi connectivity index (χ2v) is 11.1. The van der Waals surface area contributed by atoms with Crippen LogP contribution in [0.3, 0.4) is 0 Å². The van der Waals surface area contributed by atoms with Gasteiger partial charge in [-0.05, 0) is 88.7 Å². The third-order valence-corrected chi connectivity index (χ3v) is 7.77. The first-order chi connectivity index (χ1) is 18.9. The van der Waals surface area contributed by atoms with Gasteiger partial charge in [-0.3, -0.25) is 4.90 Å². The standard InChI is InChI=1S/C34H39NO4/c1-34(2)16-17-35(23-34)18-19-39-26-9-6-24(7-10-26)20-32-29-14-11-27(36-3)21-25(29)8-13-30(32)31-15-12-28(37-4)22-33(31)38-5/h6-15,21-22H,16-20,23H2,1-5H3. The zero-order chi connectivity index (χ0) is 27.4. The normalized spacial score (nSPS) is 14.9. The van der Waals surface area contributed by atoms with E-state index in [4.69, 9.17) is 18.9 Å². The molecule has 1 aliphatic heterocycles. The lowest BCUT2D eigenvalue weighted by Gasteiger charge is -2.19. The van der Waals surface area contributed by atoms with Crippen molar-refractivity contribution in [3.8, 4) is 34.1 Å². The van der Waals surface area contributed by atoms with Gasteiger partial charge in [0, 0.05) is 24.7 Å². The summed E-state index contributed by atoms with van der Waals surface area (Å²) in [7, 11) is 5.07. The average molecular weight is 526 g/mol. The molecule has 1 aliphatic rings. The van der Waals surface area contributed by atoms with Crippen LogP contribution in [0.15, 0.2) is 72.8 Å². The summed E-state index contributed by atoms with van der Waals surface area (Å²) in [4.78, 5) is 2.50. The molecule has 0 unspecified atom stereocenters. The Morgan fingerprint density at radius 1 is 0.744 bits per heavy atom. The van der Waals surface area contributed by atoms with Crippen molar-refractivity contribution >= 4 is 10.8 Å². The Bertz CT molecular complexity index is 1430. The minimum Gasteiger partial charge on any atom is -0.497 e. The van der Waals surface area contributed by atoms with Gasteiger partial charge in [0.2, 0.25) is 0 Å². The summed E-state index contributed by atoms with van der Waals surface area (Å²) in [6.07, 6.45) is 2.03. The molecule has 4 aromatic carbocycles. The minimum atomic E-state index is 0.420. The van der Waals surface area contributed by atoms with Crippen LogP contribution in [0.5, 0.6) is 23.0 Å². The van der Waals surface area contributed by atoms with Crippen molar-refractivity contribution in [3.63, 3.8) is 0 Å². The summed E-state index contributed by atoms with van der Waals surface area (Å²) in [6.45, 7) is 8.67. The second-order valence-electron chi connectivity index (χ2n) is 11.1. The third-order valence-electron chi connectivity index (χ3n) is 7.77. The number of fused-ring (bicyclic) bond motifs is 1. The average Bonchev–Trinajstić information content (AvgIpc) is 3.31. The van der Waals surface area contributed by atoms with E-state index in [1.54, 1.807) is 21.3 Å². The SMILES string of the molecule is COc1ccc(-c2ccc3cc(OC)ccc3c2Cc2ccc(OCCN3CCC(C)(C)C3)cc2)c(OC)c1. The van der Waals surface area contributed by atoms with E-state index in [9.17, 15) is 0 Å². The Balaban J connectivity index is 1.41. The molecule has 5 nitrogen and oxygen atoms in total. The Labute approximate surface area is 232 Å². The van der Waals surface area contributed by atoms with Crippen molar-refractivity contribution in [3.05, 3.63) is 83.9 Å². The van der Waals surface area contributed by atoms with E-state index in [1.807, 2.05) is 18.2 Å². The van der Waals surface area contributed by atoms with Gasteiger partial charge in [-0.1, -0.05) is 44.2 Å². The maximum Gasteiger partial charge on any atom is 0.130 e. The fraction of sp³-hybridized carbons (Fsp3) is 0.353. The van der Waals surface area contributed by atoms with Crippen molar-refractivity contribution in [2.24, 2.45) is 5.41 Å². The molecule has 0 atom stereocenters. The quantitative estimate of drug-likeness (QED) is 0.218. The van der Waals surface area contributed by atoms with Gasteiger partial charge in [-0.25, -0.2) is 0 Å². The molecule has 1 saturated heterocycles. The summed E-state index contributed by atoms with van der Waals surface area (Å²) in [6, 6.07) is 25.1. The molecule has 0 bridgehead atoms. The van der Waals surface area contributed by atoms with Crippen molar-refractivity contribution in [1.29, 1.82) is 0 Å². The summed E-state index contributed by atoms with van der Waals surface area (Å²) in [5.74, 6) is 3.32.